The number of anilines is 2. The molecule has 0 aliphatic heterocycles. The SMILES string of the molecule is CCC(=O)Nc1cccc(CNC(=O)Nc2nc(CN(C)C(=O)c3c(C)noc3C)cs2)c1. The lowest BCUT2D eigenvalue weighted by Crippen LogP contribution is -2.28. The number of amides is 4. The second-order valence-electron chi connectivity index (χ2n) is 7.41. The van der Waals surface area contributed by atoms with Gasteiger partial charge in [-0.15, -0.1) is 11.3 Å². The molecule has 0 bridgehead atoms. The average molecular weight is 471 g/mol. The van der Waals surface area contributed by atoms with Gasteiger partial charge in [-0.25, -0.2) is 9.78 Å². The van der Waals surface area contributed by atoms with Crippen LogP contribution in [0.5, 0.6) is 0 Å². The summed E-state index contributed by atoms with van der Waals surface area (Å²) in [6, 6.07) is 6.87. The Balaban J connectivity index is 1.51. The minimum absolute atomic E-state index is 0.0727. The summed E-state index contributed by atoms with van der Waals surface area (Å²) >= 11 is 1.27. The number of nitrogens with one attached hydrogen (secondary N) is 3. The van der Waals surface area contributed by atoms with Crippen LogP contribution in [0.1, 0.15) is 46.4 Å². The summed E-state index contributed by atoms with van der Waals surface area (Å²) in [4.78, 5) is 42.3. The van der Waals surface area contributed by atoms with Gasteiger partial charge in [0.05, 0.1) is 17.9 Å². The third kappa shape index (κ3) is 6.39. The number of nitrogens with zero attached hydrogens (tertiary/aromatic N) is 3. The van der Waals surface area contributed by atoms with E-state index in [4.69, 9.17) is 4.52 Å². The largest absolute Gasteiger partial charge is 0.361 e. The highest BCUT2D eigenvalue weighted by Crippen LogP contribution is 2.19. The molecule has 0 spiro atoms. The maximum Gasteiger partial charge on any atom is 0.321 e. The lowest BCUT2D eigenvalue weighted by Gasteiger charge is -2.15. The number of urea groups is 1. The van der Waals surface area contributed by atoms with Crippen molar-refractivity contribution in [2.24, 2.45) is 0 Å². The van der Waals surface area contributed by atoms with E-state index in [2.05, 4.69) is 26.1 Å². The van der Waals surface area contributed by atoms with Crippen molar-refractivity contribution in [1.29, 1.82) is 0 Å². The summed E-state index contributed by atoms with van der Waals surface area (Å²) < 4.78 is 5.06. The first-order valence-electron chi connectivity index (χ1n) is 10.3. The van der Waals surface area contributed by atoms with E-state index in [9.17, 15) is 14.4 Å². The Morgan fingerprint density at radius 2 is 1.97 bits per heavy atom. The van der Waals surface area contributed by atoms with Gasteiger partial charge >= 0.3 is 6.03 Å². The van der Waals surface area contributed by atoms with E-state index in [-0.39, 0.29) is 24.9 Å². The van der Waals surface area contributed by atoms with Gasteiger partial charge in [-0.05, 0) is 31.5 Å². The Kier molecular flexibility index (Phi) is 7.78. The summed E-state index contributed by atoms with van der Waals surface area (Å²) in [5.74, 6) is 0.195. The molecule has 11 heteroatoms. The summed E-state index contributed by atoms with van der Waals surface area (Å²) in [5, 5.41) is 14.3. The van der Waals surface area contributed by atoms with Gasteiger partial charge in [-0.3, -0.25) is 14.9 Å². The molecule has 3 N–H and O–H groups in total. The number of aryl methyl sites for hydroxylation is 2. The third-order valence-electron chi connectivity index (χ3n) is 4.75. The van der Waals surface area contributed by atoms with Gasteiger partial charge in [-0.2, -0.15) is 0 Å². The van der Waals surface area contributed by atoms with Crippen LogP contribution in [-0.2, 0) is 17.9 Å². The second kappa shape index (κ2) is 10.7. The van der Waals surface area contributed by atoms with Crippen LogP contribution in [-0.4, -0.2) is 39.9 Å². The van der Waals surface area contributed by atoms with Crippen molar-refractivity contribution in [1.82, 2.24) is 20.4 Å². The minimum Gasteiger partial charge on any atom is -0.361 e. The summed E-state index contributed by atoms with van der Waals surface area (Å²) in [5.41, 5.74) is 3.17. The van der Waals surface area contributed by atoms with Gasteiger partial charge in [0.15, 0.2) is 5.13 Å². The molecule has 174 valence electrons. The van der Waals surface area contributed by atoms with Crippen LogP contribution in [0, 0.1) is 13.8 Å². The molecule has 33 heavy (non-hydrogen) atoms. The first kappa shape index (κ1) is 23.9. The fraction of sp³-hybridized carbons (Fsp3) is 0.318. The zero-order valence-corrected chi connectivity index (χ0v) is 19.7. The van der Waals surface area contributed by atoms with E-state index in [1.54, 1.807) is 45.3 Å². The predicted octanol–water partition coefficient (Wildman–Crippen LogP) is 3.69. The number of benzene rings is 1. The number of aromatic nitrogens is 2. The Labute approximate surface area is 195 Å². The first-order valence-corrected chi connectivity index (χ1v) is 11.2. The molecule has 0 aliphatic carbocycles. The monoisotopic (exact) mass is 470 g/mol. The van der Waals surface area contributed by atoms with E-state index in [0.717, 1.165) is 5.56 Å². The van der Waals surface area contributed by atoms with Gasteiger partial charge in [0.25, 0.3) is 5.91 Å². The van der Waals surface area contributed by atoms with Crippen LogP contribution in [0.15, 0.2) is 34.2 Å². The van der Waals surface area contributed by atoms with Gasteiger partial charge in [0.2, 0.25) is 5.91 Å². The van der Waals surface area contributed by atoms with Crippen LogP contribution >= 0.6 is 11.3 Å². The summed E-state index contributed by atoms with van der Waals surface area (Å²) in [6.45, 7) is 5.76. The molecule has 2 heterocycles. The number of carbonyl (C=O) groups is 3. The number of hydrogen-bond donors (Lipinski definition) is 3. The first-order chi connectivity index (χ1) is 15.8. The van der Waals surface area contributed by atoms with Gasteiger partial charge in [0.1, 0.15) is 11.3 Å². The predicted molar refractivity (Wildman–Crippen MR) is 125 cm³/mol. The van der Waals surface area contributed by atoms with Crippen LogP contribution in [0.2, 0.25) is 0 Å². The molecule has 3 aromatic rings. The quantitative estimate of drug-likeness (QED) is 0.460. The van der Waals surface area contributed by atoms with E-state index in [1.807, 2.05) is 12.1 Å². The molecule has 0 saturated carbocycles. The molecule has 0 unspecified atom stereocenters. The maximum atomic E-state index is 12.7. The van der Waals surface area contributed by atoms with Crippen molar-refractivity contribution in [3.8, 4) is 0 Å². The normalized spacial score (nSPS) is 10.5. The Bertz CT molecular complexity index is 1140. The fourth-order valence-electron chi connectivity index (χ4n) is 3.06. The second-order valence-corrected chi connectivity index (χ2v) is 8.27. The van der Waals surface area contributed by atoms with Crippen molar-refractivity contribution in [3.05, 3.63) is 57.9 Å². The van der Waals surface area contributed by atoms with Crippen molar-refractivity contribution in [2.45, 2.75) is 40.3 Å². The Hall–Kier alpha value is -3.73. The van der Waals surface area contributed by atoms with Crippen molar-refractivity contribution >= 4 is 40.0 Å². The minimum atomic E-state index is -0.404. The number of rotatable bonds is 8. The molecule has 1 aromatic carbocycles. The molecule has 3 rings (SSSR count). The van der Waals surface area contributed by atoms with E-state index >= 15 is 0 Å². The van der Waals surface area contributed by atoms with Crippen LogP contribution in [0.4, 0.5) is 15.6 Å². The standard InChI is InChI=1S/C22H26N6O4S/c1-5-18(29)24-16-8-6-7-15(9-16)10-23-21(31)26-22-25-17(12-33-22)11-28(4)20(30)19-13(2)27-32-14(19)3/h6-9,12H,5,10-11H2,1-4H3,(H,24,29)(H2,23,25,26,31). The van der Waals surface area contributed by atoms with E-state index < -0.39 is 6.03 Å². The maximum absolute atomic E-state index is 12.7. The van der Waals surface area contributed by atoms with Crippen molar-refractivity contribution in [3.63, 3.8) is 0 Å². The van der Waals surface area contributed by atoms with Crippen LogP contribution < -0.4 is 16.0 Å². The average Bonchev–Trinajstić information content (AvgIpc) is 3.37. The van der Waals surface area contributed by atoms with Gasteiger partial charge in [0, 0.05) is 31.1 Å². The molecule has 0 saturated heterocycles. The number of thiazole rings is 1. The smallest absolute Gasteiger partial charge is 0.321 e. The third-order valence-corrected chi connectivity index (χ3v) is 5.56. The lowest BCUT2D eigenvalue weighted by molar-refractivity contribution is -0.115. The molecule has 10 nitrogen and oxygen atoms in total. The molecule has 4 amide bonds. The van der Waals surface area contributed by atoms with Crippen molar-refractivity contribution < 1.29 is 18.9 Å². The van der Waals surface area contributed by atoms with Crippen LogP contribution in [0.3, 0.4) is 0 Å². The van der Waals surface area contributed by atoms with E-state index in [1.165, 1.54) is 16.2 Å². The number of carbonyl (C=O) groups excluding carboxylic acids is 3. The molecule has 0 aliphatic rings. The molecular formula is C22H26N6O4S. The highest BCUT2D eigenvalue weighted by Gasteiger charge is 2.21. The lowest BCUT2D eigenvalue weighted by atomic mass is 10.2. The highest BCUT2D eigenvalue weighted by molar-refractivity contribution is 7.13. The fourth-order valence-corrected chi connectivity index (χ4v) is 3.76. The van der Waals surface area contributed by atoms with E-state index in [0.29, 0.717) is 40.0 Å². The zero-order valence-electron chi connectivity index (χ0n) is 18.9. The number of hydrogen-bond acceptors (Lipinski definition) is 7. The molecule has 0 radical (unpaired) electrons. The summed E-state index contributed by atoms with van der Waals surface area (Å²) in [7, 11) is 1.67. The molecule has 2 aromatic heterocycles. The highest BCUT2D eigenvalue weighted by atomic mass is 32.1. The van der Waals surface area contributed by atoms with Gasteiger partial charge in [-0.1, -0.05) is 24.2 Å². The molecule has 0 atom stereocenters. The summed E-state index contributed by atoms with van der Waals surface area (Å²) in [6.07, 6.45) is 0.393. The Morgan fingerprint density at radius 3 is 2.67 bits per heavy atom. The van der Waals surface area contributed by atoms with Crippen molar-refractivity contribution in [2.75, 3.05) is 17.7 Å². The van der Waals surface area contributed by atoms with Gasteiger partial charge < -0.3 is 20.1 Å². The molecule has 0 fully saturated rings. The van der Waals surface area contributed by atoms with Crippen LogP contribution in [0.25, 0.3) is 0 Å². The zero-order chi connectivity index (χ0) is 24.0. The topological polar surface area (TPSA) is 129 Å². The molecular weight excluding hydrogens is 444 g/mol. The Morgan fingerprint density at radius 1 is 1.18 bits per heavy atom.